The number of fused-ring (bicyclic) bond motifs is 1. The molecule has 2 fully saturated rings. The summed E-state index contributed by atoms with van der Waals surface area (Å²) in [6.45, 7) is 4.36. The maximum absolute atomic E-state index is 12.6. The summed E-state index contributed by atoms with van der Waals surface area (Å²) in [7, 11) is 0. The summed E-state index contributed by atoms with van der Waals surface area (Å²) in [6, 6.07) is 7.46. The van der Waals surface area contributed by atoms with Crippen LogP contribution in [0, 0.1) is 5.92 Å². The monoisotopic (exact) mass is 345 g/mol. The van der Waals surface area contributed by atoms with Crippen LogP contribution >= 0.6 is 0 Å². The fourth-order valence-corrected chi connectivity index (χ4v) is 3.39. The number of hydrogen-bond acceptors (Lipinski definition) is 4. The summed E-state index contributed by atoms with van der Waals surface area (Å²) >= 11 is 0. The van der Waals surface area contributed by atoms with E-state index < -0.39 is 18.2 Å². The van der Waals surface area contributed by atoms with Crippen LogP contribution < -0.4 is 15.4 Å². The van der Waals surface area contributed by atoms with E-state index in [2.05, 4.69) is 10.6 Å². The molecule has 3 amide bonds. The molecule has 1 aromatic rings. The smallest absolute Gasteiger partial charge is 0.410 e. The number of carbonyl (C=O) groups is 3. The van der Waals surface area contributed by atoms with Gasteiger partial charge in [-0.2, -0.15) is 0 Å². The highest BCUT2D eigenvalue weighted by Crippen LogP contribution is 2.25. The van der Waals surface area contributed by atoms with E-state index in [1.165, 1.54) is 0 Å². The molecule has 2 aliphatic heterocycles. The molecule has 0 aromatic heterocycles. The van der Waals surface area contributed by atoms with Crippen LogP contribution in [-0.4, -0.2) is 47.5 Å². The fraction of sp³-hybridized carbons (Fsp3) is 0.500. The van der Waals surface area contributed by atoms with Crippen molar-refractivity contribution in [2.24, 2.45) is 5.92 Å². The molecule has 0 aliphatic carbocycles. The molecular weight excluding hydrogens is 322 g/mol. The van der Waals surface area contributed by atoms with Crippen molar-refractivity contribution in [3.05, 3.63) is 30.3 Å². The lowest BCUT2D eigenvalue weighted by atomic mass is 9.99. The molecule has 0 radical (unpaired) electrons. The minimum atomic E-state index is -0.581. The van der Waals surface area contributed by atoms with Crippen molar-refractivity contribution >= 4 is 17.9 Å². The third kappa shape index (κ3) is 3.92. The number of amides is 3. The standard InChI is InChI=1S/C18H23N3O4/c1-11(2)8-14-17(23)21-10-12(9-15(21)16(22)20-14)19-18(24)25-13-6-4-3-5-7-13/h3-7,11-12,14-15H,8-10H2,1-2H3,(H,19,24)(H,20,22)/t12-,14-,15-/m0/s1. The second-order valence-electron chi connectivity index (χ2n) is 6.98. The van der Waals surface area contributed by atoms with Gasteiger partial charge in [-0.25, -0.2) is 4.79 Å². The predicted octanol–water partition coefficient (Wildman–Crippen LogP) is 1.29. The zero-order valence-electron chi connectivity index (χ0n) is 14.4. The molecule has 1 aromatic carbocycles. The Hall–Kier alpha value is -2.57. The van der Waals surface area contributed by atoms with Gasteiger partial charge in [-0.1, -0.05) is 32.0 Å². The van der Waals surface area contributed by atoms with Crippen LogP contribution in [0.15, 0.2) is 30.3 Å². The first-order valence-electron chi connectivity index (χ1n) is 8.58. The molecule has 3 atom stereocenters. The predicted molar refractivity (Wildman–Crippen MR) is 90.9 cm³/mol. The molecule has 2 heterocycles. The van der Waals surface area contributed by atoms with Crippen LogP contribution in [0.5, 0.6) is 5.75 Å². The maximum atomic E-state index is 12.6. The van der Waals surface area contributed by atoms with Crippen molar-refractivity contribution in [3.8, 4) is 5.75 Å². The summed E-state index contributed by atoms with van der Waals surface area (Å²) in [6.07, 6.45) is 0.431. The van der Waals surface area contributed by atoms with Crippen molar-refractivity contribution in [1.82, 2.24) is 15.5 Å². The average Bonchev–Trinajstić information content (AvgIpc) is 2.97. The van der Waals surface area contributed by atoms with Gasteiger partial charge in [-0.15, -0.1) is 0 Å². The van der Waals surface area contributed by atoms with E-state index in [9.17, 15) is 14.4 Å². The van der Waals surface area contributed by atoms with Crippen LogP contribution in [0.4, 0.5) is 4.79 Å². The number of nitrogens with one attached hydrogen (secondary N) is 2. The highest BCUT2D eigenvalue weighted by atomic mass is 16.6. The van der Waals surface area contributed by atoms with Gasteiger partial charge in [0.05, 0.1) is 6.04 Å². The number of rotatable bonds is 4. The first-order chi connectivity index (χ1) is 11.9. The first kappa shape index (κ1) is 17.3. The molecular formula is C18H23N3O4. The van der Waals surface area contributed by atoms with Crippen LogP contribution in [0.3, 0.4) is 0 Å². The topological polar surface area (TPSA) is 87.7 Å². The first-order valence-corrected chi connectivity index (χ1v) is 8.58. The summed E-state index contributed by atoms with van der Waals surface area (Å²) in [5, 5.41) is 5.55. The molecule has 2 N–H and O–H groups in total. The molecule has 7 nitrogen and oxygen atoms in total. The summed E-state index contributed by atoms with van der Waals surface area (Å²) in [5.41, 5.74) is 0. The van der Waals surface area contributed by atoms with Crippen molar-refractivity contribution in [2.45, 2.75) is 44.8 Å². The molecule has 0 saturated carbocycles. The molecule has 0 bridgehead atoms. The van der Waals surface area contributed by atoms with Gasteiger partial charge < -0.3 is 20.3 Å². The van der Waals surface area contributed by atoms with Crippen LogP contribution in [0.2, 0.25) is 0 Å². The summed E-state index contributed by atoms with van der Waals surface area (Å²) in [4.78, 5) is 38.5. The molecule has 2 saturated heterocycles. The molecule has 2 aliphatic rings. The fourth-order valence-electron chi connectivity index (χ4n) is 3.39. The zero-order chi connectivity index (χ0) is 18.0. The molecule has 0 unspecified atom stereocenters. The number of hydrogen-bond donors (Lipinski definition) is 2. The second-order valence-corrected chi connectivity index (χ2v) is 6.98. The van der Waals surface area contributed by atoms with Gasteiger partial charge in [0.1, 0.15) is 17.8 Å². The van der Waals surface area contributed by atoms with Crippen molar-refractivity contribution in [3.63, 3.8) is 0 Å². The van der Waals surface area contributed by atoms with Crippen LogP contribution in [0.1, 0.15) is 26.7 Å². The normalized spacial score (nSPS) is 25.6. The number of benzene rings is 1. The lowest BCUT2D eigenvalue weighted by Crippen LogP contribution is -2.61. The summed E-state index contributed by atoms with van der Waals surface area (Å²) < 4.78 is 5.20. The average molecular weight is 345 g/mol. The van der Waals surface area contributed by atoms with E-state index in [1.807, 2.05) is 19.9 Å². The Morgan fingerprint density at radius 1 is 1.32 bits per heavy atom. The highest BCUT2D eigenvalue weighted by Gasteiger charge is 2.46. The summed E-state index contributed by atoms with van der Waals surface area (Å²) in [5.74, 6) is 0.537. The van der Waals surface area contributed by atoms with E-state index >= 15 is 0 Å². The van der Waals surface area contributed by atoms with Crippen LogP contribution in [-0.2, 0) is 9.59 Å². The lowest BCUT2D eigenvalue weighted by Gasteiger charge is -2.35. The second kappa shape index (κ2) is 7.13. The van der Waals surface area contributed by atoms with E-state index in [0.717, 1.165) is 0 Å². The number of nitrogens with zero attached hydrogens (tertiary/aromatic N) is 1. The van der Waals surface area contributed by atoms with Gasteiger partial charge in [0.15, 0.2) is 0 Å². The Morgan fingerprint density at radius 3 is 2.72 bits per heavy atom. The molecule has 0 spiro atoms. The van der Waals surface area contributed by atoms with Gasteiger partial charge in [-0.05, 0) is 30.9 Å². The Bertz CT molecular complexity index is 662. The number of carbonyl (C=O) groups excluding carboxylic acids is 3. The van der Waals surface area contributed by atoms with E-state index in [0.29, 0.717) is 31.1 Å². The SMILES string of the molecule is CC(C)C[C@@H]1NC(=O)[C@@H]2C[C@H](NC(=O)Oc3ccccc3)CN2C1=O. The van der Waals surface area contributed by atoms with Crippen molar-refractivity contribution < 1.29 is 19.1 Å². The van der Waals surface area contributed by atoms with E-state index in [4.69, 9.17) is 4.74 Å². The minimum Gasteiger partial charge on any atom is -0.410 e. The molecule has 7 heteroatoms. The van der Waals surface area contributed by atoms with Gasteiger partial charge >= 0.3 is 6.09 Å². The quantitative estimate of drug-likeness (QED) is 0.861. The third-order valence-corrected chi connectivity index (χ3v) is 4.48. The molecule has 25 heavy (non-hydrogen) atoms. The maximum Gasteiger partial charge on any atom is 0.412 e. The number of para-hydroxylation sites is 1. The van der Waals surface area contributed by atoms with Gasteiger partial charge in [-0.3, -0.25) is 9.59 Å². The molecule has 134 valence electrons. The Balaban J connectivity index is 1.59. The van der Waals surface area contributed by atoms with Crippen molar-refractivity contribution in [1.29, 1.82) is 0 Å². The Kier molecular flexibility index (Phi) is 4.92. The third-order valence-electron chi connectivity index (χ3n) is 4.48. The van der Waals surface area contributed by atoms with Crippen molar-refractivity contribution in [2.75, 3.05) is 6.54 Å². The lowest BCUT2D eigenvalue weighted by molar-refractivity contribution is -0.147. The Labute approximate surface area is 146 Å². The van der Waals surface area contributed by atoms with E-state index in [1.54, 1.807) is 29.2 Å². The van der Waals surface area contributed by atoms with Gasteiger partial charge in [0.25, 0.3) is 0 Å². The number of piperazine rings is 1. The van der Waals surface area contributed by atoms with Crippen LogP contribution in [0.25, 0.3) is 0 Å². The largest absolute Gasteiger partial charge is 0.412 e. The minimum absolute atomic E-state index is 0.0703. The van der Waals surface area contributed by atoms with Gasteiger partial charge in [0.2, 0.25) is 11.8 Å². The number of ether oxygens (including phenoxy) is 1. The highest BCUT2D eigenvalue weighted by molar-refractivity contribution is 5.97. The molecule has 3 rings (SSSR count). The van der Waals surface area contributed by atoms with E-state index in [-0.39, 0.29) is 17.9 Å². The zero-order valence-corrected chi connectivity index (χ0v) is 14.4. The Morgan fingerprint density at radius 2 is 2.04 bits per heavy atom. The van der Waals surface area contributed by atoms with Gasteiger partial charge in [0, 0.05) is 6.54 Å².